The van der Waals surface area contributed by atoms with E-state index < -0.39 is 11.5 Å². The van der Waals surface area contributed by atoms with E-state index in [9.17, 15) is 9.59 Å². The molecule has 0 spiro atoms. The monoisotopic (exact) mass is 268 g/mol. The van der Waals surface area contributed by atoms with E-state index in [1.165, 1.54) is 0 Å². The highest BCUT2D eigenvalue weighted by molar-refractivity contribution is 7.09. The highest BCUT2D eigenvalue weighted by atomic mass is 32.1. The molecular weight excluding hydrogens is 248 g/mol. The zero-order valence-electron chi connectivity index (χ0n) is 11.2. The molecule has 2 N–H and O–H groups in total. The molecule has 1 heterocycles. The third-order valence-electron chi connectivity index (χ3n) is 2.44. The number of carbonyl (C=O) groups is 2. The summed E-state index contributed by atoms with van der Waals surface area (Å²) < 4.78 is 0. The average Bonchev–Trinajstić information content (AvgIpc) is 2.77. The molecule has 1 aromatic heterocycles. The van der Waals surface area contributed by atoms with Gasteiger partial charge in [-0.2, -0.15) is 0 Å². The molecule has 18 heavy (non-hydrogen) atoms. The van der Waals surface area contributed by atoms with Crippen LogP contribution >= 0.6 is 11.3 Å². The summed E-state index contributed by atoms with van der Waals surface area (Å²) in [6.07, 6.45) is 0. The molecule has 0 aromatic carbocycles. The van der Waals surface area contributed by atoms with Crippen molar-refractivity contribution in [2.24, 2.45) is 5.41 Å². The van der Waals surface area contributed by atoms with Crippen molar-refractivity contribution in [3.05, 3.63) is 22.4 Å². The van der Waals surface area contributed by atoms with Gasteiger partial charge < -0.3 is 10.6 Å². The van der Waals surface area contributed by atoms with Crippen LogP contribution in [0.1, 0.15) is 32.6 Å². The summed E-state index contributed by atoms with van der Waals surface area (Å²) in [5.41, 5.74) is -0.484. The lowest BCUT2D eigenvalue weighted by Gasteiger charge is -2.21. The van der Waals surface area contributed by atoms with Gasteiger partial charge in [0.1, 0.15) is 6.04 Å². The van der Waals surface area contributed by atoms with E-state index in [-0.39, 0.29) is 11.8 Å². The van der Waals surface area contributed by atoms with Gasteiger partial charge in [-0.3, -0.25) is 9.59 Å². The molecule has 4 nitrogen and oxygen atoms in total. The maximum atomic E-state index is 11.8. The van der Waals surface area contributed by atoms with Crippen LogP contribution in [0.4, 0.5) is 0 Å². The summed E-state index contributed by atoms with van der Waals surface area (Å²) in [5.74, 6) is -0.290. The Morgan fingerprint density at radius 1 is 1.39 bits per heavy atom. The number of rotatable bonds is 4. The van der Waals surface area contributed by atoms with Gasteiger partial charge in [-0.05, 0) is 18.4 Å². The van der Waals surface area contributed by atoms with Gasteiger partial charge in [0.25, 0.3) is 0 Å². The normalized spacial score (nSPS) is 12.9. The highest BCUT2D eigenvalue weighted by Crippen LogP contribution is 2.13. The lowest BCUT2D eigenvalue weighted by molar-refractivity contribution is -0.133. The van der Waals surface area contributed by atoms with Crippen LogP contribution < -0.4 is 10.6 Å². The zero-order valence-corrected chi connectivity index (χ0v) is 12.1. The summed E-state index contributed by atoms with van der Waals surface area (Å²) in [7, 11) is 0. The first-order valence-electron chi connectivity index (χ1n) is 5.92. The number of carbonyl (C=O) groups excluding carboxylic acids is 2. The predicted molar refractivity (Wildman–Crippen MR) is 73.2 cm³/mol. The van der Waals surface area contributed by atoms with Crippen LogP contribution in [-0.4, -0.2) is 17.9 Å². The van der Waals surface area contributed by atoms with Crippen LogP contribution in [0.2, 0.25) is 0 Å². The van der Waals surface area contributed by atoms with Crippen molar-refractivity contribution in [1.29, 1.82) is 0 Å². The Balaban J connectivity index is 2.40. The van der Waals surface area contributed by atoms with Crippen molar-refractivity contribution < 1.29 is 9.59 Å². The Bertz CT molecular complexity index is 407. The van der Waals surface area contributed by atoms with Crippen LogP contribution in [0.5, 0.6) is 0 Å². The van der Waals surface area contributed by atoms with E-state index in [1.54, 1.807) is 18.3 Å². The Hall–Kier alpha value is -1.36. The third-order valence-corrected chi connectivity index (χ3v) is 3.32. The summed E-state index contributed by atoms with van der Waals surface area (Å²) >= 11 is 1.59. The summed E-state index contributed by atoms with van der Waals surface area (Å²) in [6, 6.07) is 3.39. The van der Waals surface area contributed by atoms with Crippen molar-refractivity contribution in [2.45, 2.75) is 40.3 Å². The van der Waals surface area contributed by atoms with Gasteiger partial charge in [0, 0.05) is 10.3 Å². The number of amides is 2. The number of thiophene rings is 1. The first-order valence-corrected chi connectivity index (χ1v) is 6.79. The van der Waals surface area contributed by atoms with E-state index in [2.05, 4.69) is 10.6 Å². The number of hydrogen-bond acceptors (Lipinski definition) is 3. The topological polar surface area (TPSA) is 58.2 Å². The van der Waals surface area contributed by atoms with Gasteiger partial charge in [0.2, 0.25) is 11.8 Å². The molecule has 5 heteroatoms. The fourth-order valence-electron chi connectivity index (χ4n) is 1.22. The Kier molecular flexibility index (Phi) is 4.90. The fraction of sp³-hybridized carbons (Fsp3) is 0.538. The molecular formula is C13H20N2O2S. The predicted octanol–water partition coefficient (Wildman–Crippen LogP) is 1.92. The molecule has 0 aliphatic heterocycles. The molecule has 1 unspecified atom stereocenters. The first-order chi connectivity index (χ1) is 8.30. The standard InChI is InChI=1S/C13H20N2O2S/c1-9(15-12(17)13(2,3)4)11(16)14-8-10-6-5-7-18-10/h5-7,9H,8H2,1-4H3,(H,14,16)(H,15,17). The molecule has 2 amide bonds. The SMILES string of the molecule is CC(NC(=O)C(C)(C)C)C(=O)NCc1cccs1. The lowest BCUT2D eigenvalue weighted by Crippen LogP contribution is -2.48. The quantitative estimate of drug-likeness (QED) is 0.876. The van der Waals surface area contributed by atoms with Crippen LogP contribution in [0, 0.1) is 5.41 Å². The van der Waals surface area contributed by atoms with Gasteiger partial charge >= 0.3 is 0 Å². The second-order valence-corrected chi connectivity index (χ2v) is 6.27. The second kappa shape index (κ2) is 6.00. The van der Waals surface area contributed by atoms with Crippen LogP contribution in [0.15, 0.2) is 17.5 Å². The van der Waals surface area contributed by atoms with E-state index in [1.807, 2.05) is 38.3 Å². The number of nitrogens with one attached hydrogen (secondary N) is 2. The van der Waals surface area contributed by atoms with Gasteiger partial charge in [0.15, 0.2) is 0 Å². The van der Waals surface area contributed by atoms with Crippen LogP contribution in [0.25, 0.3) is 0 Å². The second-order valence-electron chi connectivity index (χ2n) is 5.24. The maximum absolute atomic E-state index is 11.8. The molecule has 0 bridgehead atoms. The molecule has 0 aliphatic carbocycles. The Morgan fingerprint density at radius 2 is 2.06 bits per heavy atom. The molecule has 0 fully saturated rings. The molecule has 0 saturated heterocycles. The van der Waals surface area contributed by atoms with Crippen molar-refractivity contribution in [3.63, 3.8) is 0 Å². The van der Waals surface area contributed by atoms with Gasteiger partial charge in [-0.15, -0.1) is 11.3 Å². The van der Waals surface area contributed by atoms with Crippen molar-refractivity contribution >= 4 is 23.2 Å². The van der Waals surface area contributed by atoms with Crippen molar-refractivity contribution in [3.8, 4) is 0 Å². The minimum absolute atomic E-state index is 0.124. The smallest absolute Gasteiger partial charge is 0.242 e. The van der Waals surface area contributed by atoms with Gasteiger partial charge in [-0.25, -0.2) is 0 Å². The Morgan fingerprint density at radius 3 is 2.56 bits per heavy atom. The van der Waals surface area contributed by atoms with E-state index in [0.29, 0.717) is 6.54 Å². The molecule has 0 radical (unpaired) electrons. The molecule has 0 saturated carbocycles. The summed E-state index contributed by atoms with van der Waals surface area (Å²) in [5, 5.41) is 7.47. The molecule has 1 atom stereocenters. The fourth-order valence-corrected chi connectivity index (χ4v) is 1.86. The first kappa shape index (κ1) is 14.7. The zero-order chi connectivity index (χ0) is 13.8. The minimum atomic E-state index is -0.517. The number of hydrogen-bond donors (Lipinski definition) is 2. The summed E-state index contributed by atoms with van der Waals surface area (Å²) in [6.45, 7) is 7.65. The third kappa shape index (κ3) is 4.49. The van der Waals surface area contributed by atoms with Crippen LogP contribution in [-0.2, 0) is 16.1 Å². The molecule has 0 aliphatic rings. The molecule has 1 rings (SSSR count). The van der Waals surface area contributed by atoms with Crippen molar-refractivity contribution in [1.82, 2.24) is 10.6 Å². The van der Waals surface area contributed by atoms with Gasteiger partial charge in [0.05, 0.1) is 6.54 Å². The largest absolute Gasteiger partial charge is 0.349 e. The summed E-state index contributed by atoms with van der Waals surface area (Å²) in [4.78, 5) is 24.6. The van der Waals surface area contributed by atoms with Crippen LogP contribution in [0.3, 0.4) is 0 Å². The molecule has 1 aromatic rings. The van der Waals surface area contributed by atoms with Crippen molar-refractivity contribution in [2.75, 3.05) is 0 Å². The average molecular weight is 268 g/mol. The molecule has 100 valence electrons. The minimum Gasteiger partial charge on any atom is -0.349 e. The Labute approximate surface area is 112 Å². The van der Waals surface area contributed by atoms with Gasteiger partial charge in [-0.1, -0.05) is 26.8 Å². The van der Waals surface area contributed by atoms with E-state index >= 15 is 0 Å². The van der Waals surface area contributed by atoms with E-state index in [0.717, 1.165) is 4.88 Å². The lowest BCUT2D eigenvalue weighted by atomic mass is 9.95. The van der Waals surface area contributed by atoms with E-state index in [4.69, 9.17) is 0 Å². The highest BCUT2D eigenvalue weighted by Gasteiger charge is 2.24. The maximum Gasteiger partial charge on any atom is 0.242 e.